The van der Waals surface area contributed by atoms with Crippen molar-refractivity contribution in [2.75, 3.05) is 13.1 Å². The van der Waals surface area contributed by atoms with Gasteiger partial charge in [0.2, 0.25) is 11.8 Å². The molecule has 1 N–H and O–H groups in total. The minimum absolute atomic E-state index is 0.0669. The van der Waals surface area contributed by atoms with Gasteiger partial charge in [-0.2, -0.15) is 0 Å². The molecular weight excluding hydrogens is 228 g/mol. The van der Waals surface area contributed by atoms with E-state index in [0.29, 0.717) is 19.0 Å². The predicted octanol–water partition coefficient (Wildman–Crippen LogP) is 1.69. The first-order valence-corrected chi connectivity index (χ1v) is 7.29. The average Bonchev–Trinajstić information content (AvgIpc) is 2.97. The minimum Gasteiger partial charge on any atom is -0.356 e. The van der Waals surface area contributed by atoms with Gasteiger partial charge in [-0.3, -0.25) is 9.59 Å². The van der Waals surface area contributed by atoms with Crippen LogP contribution in [-0.4, -0.2) is 35.8 Å². The number of amides is 2. The van der Waals surface area contributed by atoms with E-state index in [4.69, 9.17) is 0 Å². The highest BCUT2D eigenvalue weighted by atomic mass is 16.2. The Balaban J connectivity index is 1.81. The van der Waals surface area contributed by atoms with Gasteiger partial charge in [0.15, 0.2) is 0 Å². The van der Waals surface area contributed by atoms with E-state index in [1.165, 1.54) is 12.8 Å². The van der Waals surface area contributed by atoms with Crippen LogP contribution in [0.4, 0.5) is 0 Å². The fourth-order valence-electron chi connectivity index (χ4n) is 3.01. The molecule has 2 fully saturated rings. The smallest absolute Gasteiger partial charge is 0.225 e. The Morgan fingerprint density at radius 2 is 2.11 bits per heavy atom. The Hall–Kier alpha value is -1.06. The molecular formula is C14H24N2O2. The number of hydrogen-bond acceptors (Lipinski definition) is 2. The molecule has 102 valence electrons. The number of nitrogens with one attached hydrogen (secondary N) is 1. The Bertz CT molecular complexity index is 311. The van der Waals surface area contributed by atoms with Crippen LogP contribution in [0.5, 0.6) is 0 Å². The number of rotatable bonds is 5. The lowest BCUT2D eigenvalue weighted by atomic mass is 10.1. The van der Waals surface area contributed by atoms with Crippen LogP contribution in [0, 0.1) is 5.92 Å². The van der Waals surface area contributed by atoms with E-state index in [9.17, 15) is 9.59 Å². The van der Waals surface area contributed by atoms with Crippen molar-refractivity contribution in [3.63, 3.8) is 0 Å². The van der Waals surface area contributed by atoms with Crippen molar-refractivity contribution in [3.8, 4) is 0 Å². The fourth-order valence-corrected chi connectivity index (χ4v) is 3.01. The summed E-state index contributed by atoms with van der Waals surface area (Å²) in [5, 5.41) is 2.94. The lowest BCUT2D eigenvalue weighted by Gasteiger charge is -2.23. The molecule has 18 heavy (non-hydrogen) atoms. The molecule has 0 aromatic rings. The largest absolute Gasteiger partial charge is 0.356 e. The highest BCUT2D eigenvalue weighted by Gasteiger charge is 2.38. The van der Waals surface area contributed by atoms with Crippen LogP contribution < -0.4 is 5.32 Å². The van der Waals surface area contributed by atoms with E-state index in [0.717, 1.165) is 32.2 Å². The van der Waals surface area contributed by atoms with Gasteiger partial charge in [0, 0.05) is 25.6 Å². The van der Waals surface area contributed by atoms with E-state index in [1.807, 2.05) is 4.90 Å². The van der Waals surface area contributed by atoms with E-state index < -0.39 is 0 Å². The summed E-state index contributed by atoms with van der Waals surface area (Å²) >= 11 is 0. The molecule has 1 aliphatic heterocycles. The summed E-state index contributed by atoms with van der Waals surface area (Å²) in [4.78, 5) is 25.8. The van der Waals surface area contributed by atoms with E-state index in [1.54, 1.807) is 0 Å². The summed E-state index contributed by atoms with van der Waals surface area (Å²) in [7, 11) is 0. The summed E-state index contributed by atoms with van der Waals surface area (Å²) < 4.78 is 0. The lowest BCUT2D eigenvalue weighted by molar-refractivity contribution is -0.130. The van der Waals surface area contributed by atoms with Crippen LogP contribution in [-0.2, 0) is 9.59 Å². The molecule has 0 radical (unpaired) electrons. The van der Waals surface area contributed by atoms with Crippen molar-refractivity contribution in [1.29, 1.82) is 0 Å². The number of carbonyl (C=O) groups excluding carboxylic acids is 2. The summed E-state index contributed by atoms with van der Waals surface area (Å²) in [6.45, 7) is 3.48. The average molecular weight is 252 g/mol. The molecule has 1 saturated heterocycles. The van der Waals surface area contributed by atoms with Gasteiger partial charge in [-0.15, -0.1) is 0 Å². The Morgan fingerprint density at radius 1 is 1.39 bits per heavy atom. The van der Waals surface area contributed by atoms with Crippen LogP contribution in [0.2, 0.25) is 0 Å². The second-order valence-electron chi connectivity index (χ2n) is 5.53. The Labute approximate surface area is 109 Å². The van der Waals surface area contributed by atoms with Crippen molar-refractivity contribution in [1.82, 2.24) is 10.2 Å². The summed E-state index contributed by atoms with van der Waals surface area (Å²) in [6.07, 6.45) is 7.20. The number of carbonyl (C=O) groups is 2. The third kappa shape index (κ3) is 3.03. The van der Waals surface area contributed by atoms with Gasteiger partial charge in [0.25, 0.3) is 0 Å². The first-order valence-electron chi connectivity index (χ1n) is 7.29. The molecule has 2 amide bonds. The highest BCUT2D eigenvalue weighted by molar-refractivity contribution is 5.89. The monoisotopic (exact) mass is 252 g/mol. The number of unbranched alkanes of at least 4 members (excludes halogenated alkanes) is 1. The summed E-state index contributed by atoms with van der Waals surface area (Å²) in [5.74, 6) is 0.129. The molecule has 0 aromatic carbocycles. The second-order valence-corrected chi connectivity index (χ2v) is 5.53. The summed E-state index contributed by atoms with van der Waals surface area (Å²) in [5.41, 5.74) is 0. The molecule has 4 nitrogen and oxygen atoms in total. The van der Waals surface area contributed by atoms with Crippen molar-refractivity contribution in [3.05, 3.63) is 0 Å². The minimum atomic E-state index is -0.116. The zero-order valence-electron chi connectivity index (χ0n) is 11.3. The maximum absolute atomic E-state index is 12.0. The Morgan fingerprint density at radius 3 is 2.78 bits per heavy atom. The van der Waals surface area contributed by atoms with E-state index >= 15 is 0 Å². The van der Waals surface area contributed by atoms with Crippen molar-refractivity contribution < 1.29 is 9.59 Å². The lowest BCUT2D eigenvalue weighted by Crippen LogP contribution is -2.37. The summed E-state index contributed by atoms with van der Waals surface area (Å²) in [6, 6.07) is 0.408. The Kier molecular flexibility index (Phi) is 4.61. The SMILES string of the molecule is CCCCNC(=O)[C@@H]1CC(=O)N(C2CCCC2)C1. The first-order chi connectivity index (χ1) is 8.72. The first kappa shape index (κ1) is 13.4. The van der Waals surface area contributed by atoms with Gasteiger partial charge in [-0.1, -0.05) is 26.2 Å². The van der Waals surface area contributed by atoms with Gasteiger partial charge in [0.1, 0.15) is 0 Å². The maximum atomic E-state index is 12.0. The van der Waals surface area contributed by atoms with Crippen LogP contribution in [0.3, 0.4) is 0 Å². The quantitative estimate of drug-likeness (QED) is 0.757. The fraction of sp³-hybridized carbons (Fsp3) is 0.857. The molecule has 1 saturated carbocycles. The van der Waals surface area contributed by atoms with Crippen LogP contribution in [0.15, 0.2) is 0 Å². The predicted molar refractivity (Wildman–Crippen MR) is 70.0 cm³/mol. The van der Waals surface area contributed by atoms with Gasteiger partial charge in [0.05, 0.1) is 5.92 Å². The topological polar surface area (TPSA) is 49.4 Å². The third-order valence-corrected chi connectivity index (χ3v) is 4.12. The van der Waals surface area contributed by atoms with Crippen molar-refractivity contribution in [2.24, 2.45) is 5.92 Å². The zero-order valence-corrected chi connectivity index (χ0v) is 11.3. The molecule has 4 heteroatoms. The molecule has 2 rings (SSSR count). The normalized spacial score (nSPS) is 24.8. The molecule has 2 aliphatic rings. The second kappa shape index (κ2) is 6.21. The standard InChI is InChI=1S/C14H24N2O2/c1-2-3-8-15-14(18)11-9-13(17)16(10-11)12-6-4-5-7-12/h11-12H,2-10H2,1H3,(H,15,18)/t11-/m1/s1. The molecule has 0 aromatic heterocycles. The highest BCUT2D eigenvalue weighted by Crippen LogP contribution is 2.29. The number of nitrogens with zero attached hydrogens (tertiary/aromatic N) is 1. The van der Waals surface area contributed by atoms with Crippen LogP contribution in [0.25, 0.3) is 0 Å². The van der Waals surface area contributed by atoms with Crippen LogP contribution in [0.1, 0.15) is 51.9 Å². The molecule has 0 bridgehead atoms. The molecule has 1 atom stereocenters. The molecule has 1 aliphatic carbocycles. The number of hydrogen-bond donors (Lipinski definition) is 1. The number of likely N-dealkylation sites (tertiary alicyclic amines) is 1. The zero-order chi connectivity index (χ0) is 13.0. The van der Waals surface area contributed by atoms with Crippen molar-refractivity contribution in [2.45, 2.75) is 57.9 Å². The van der Waals surface area contributed by atoms with E-state index in [2.05, 4.69) is 12.2 Å². The van der Waals surface area contributed by atoms with Gasteiger partial charge in [-0.25, -0.2) is 0 Å². The van der Waals surface area contributed by atoms with E-state index in [-0.39, 0.29) is 17.7 Å². The molecule has 1 heterocycles. The van der Waals surface area contributed by atoms with Crippen molar-refractivity contribution >= 4 is 11.8 Å². The molecule has 0 spiro atoms. The van der Waals surface area contributed by atoms with Gasteiger partial charge in [-0.05, 0) is 19.3 Å². The van der Waals surface area contributed by atoms with Crippen LogP contribution >= 0.6 is 0 Å². The van der Waals surface area contributed by atoms with Gasteiger partial charge >= 0.3 is 0 Å². The van der Waals surface area contributed by atoms with Gasteiger partial charge < -0.3 is 10.2 Å². The molecule has 0 unspecified atom stereocenters. The maximum Gasteiger partial charge on any atom is 0.225 e. The third-order valence-electron chi connectivity index (χ3n) is 4.12.